The van der Waals surface area contributed by atoms with Crippen LogP contribution in [0.1, 0.15) is 17.5 Å². The van der Waals surface area contributed by atoms with Crippen LogP contribution >= 0.6 is 0 Å². The lowest BCUT2D eigenvalue weighted by molar-refractivity contribution is 1.000. The van der Waals surface area contributed by atoms with Gasteiger partial charge in [-0.3, -0.25) is 0 Å². The minimum atomic E-state index is 1.07. The van der Waals surface area contributed by atoms with E-state index in [2.05, 4.69) is 30.4 Å². The smallest absolute Gasteiger partial charge is 0.00886 e. The lowest BCUT2D eigenvalue weighted by atomic mass is 10.0. The van der Waals surface area contributed by atoms with Crippen molar-refractivity contribution in [3.63, 3.8) is 0 Å². The highest BCUT2D eigenvalue weighted by Crippen LogP contribution is 2.14. The summed E-state index contributed by atoms with van der Waals surface area (Å²) in [7, 11) is 0. The number of allylic oxidation sites excluding steroid dienone is 2. The summed E-state index contributed by atoms with van der Waals surface area (Å²) in [6.07, 6.45) is 7.93. The predicted octanol–water partition coefficient (Wildman–Crippen LogP) is 2.53. The molecule has 0 unspecified atom stereocenters. The zero-order valence-corrected chi connectivity index (χ0v) is 6.51. The molecule has 0 saturated carbocycles. The number of aryl methyl sites for hydroxylation is 1. The molecule has 0 fully saturated rings. The Balaban J connectivity index is 2.40. The van der Waals surface area contributed by atoms with E-state index in [4.69, 9.17) is 0 Å². The molecular formula is C11H11. The van der Waals surface area contributed by atoms with Crippen molar-refractivity contribution in [1.29, 1.82) is 0 Å². The van der Waals surface area contributed by atoms with Gasteiger partial charge in [-0.15, -0.1) is 0 Å². The molecule has 0 heteroatoms. The standard InChI is InChI=1S/C11H11/c1-2-6-10-8-4-5-9-11(10)7-3-1/h1-2,4-5,9H,3,6-7H2. The average molecular weight is 143 g/mol. The van der Waals surface area contributed by atoms with E-state index in [1.807, 2.05) is 6.07 Å². The summed E-state index contributed by atoms with van der Waals surface area (Å²) < 4.78 is 0. The summed E-state index contributed by atoms with van der Waals surface area (Å²) in [5.41, 5.74) is 2.85. The van der Waals surface area contributed by atoms with Crippen molar-refractivity contribution in [2.24, 2.45) is 0 Å². The highest BCUT2D eigenvalue weighted by Gasteiger charge is 2.01. The largest absolute Gasteiger partial charge is 0.0879 e. The molecule has 1 aromatic rings. The fraction of sp³-hybridized carbons (Fsp3) is 0.273. The fourth-order valence-electron chi connectivity index (χ4n) is 1.49. The van der Waals surface area contributed by atoms with Gasteiger partial charge in [-0.05, 0) is 36.5 Å². The van der Waals surface area contributed by atoms with Crippen molar-refractivity contribution in [3.8, 4) is 0 Å². The predicted molar refractivity (Wildman–Crippen MR) is 46.4 cm³/mol. The van der Waals surface area contributed by atoms with Gasteiger partial charge in [-0.25, -0.2) is 0 Å². The van der Waals surface area contributed by atoms with Crippen LogP contribution in [0.5, 0.6) is 0 Å². The van der Waals surface area contributed by atoms with Crippen LogP contribution in [0, 0.1) is 6.07 Å². The first-order chi connectivity index (χ1) is 5.47. The second-order valence-corrected chi connectivity index (χ2v) is 2.89. The van der Waals surface area contributed by atoms with E-state index in [0.29, 0.717) is 0 Å². The van der Waals surface area contributed by atoms with Gasteiger partial charge >= 0.3 is 0 Å². The van der Waals surface area contributed by atoms with E-state index in [1.165, 1.54) is 24.0 Å². The lowest BCUT2D eigenvalue weighted by Crippen LogP contribution is -1.89. The van der Waals surface area contributed by atoms with Crippen LogP contribution in [0.25, 0.3) is 0 Å². The highest BCUT2D eigenvalue weighted by molar-refractivity contribution is 5.29. The van der Waals surface area contributed by atoms with Crippen LogP contribution in [0.15, 0.2) is 30.4 Å². The van der Waals surface area contributed by atoms with Crippen molar-refractivity contribution in [2.45, 2.75) is 19.3 Å². The number of fused-ring (bicyclic) bond motifs is 1. The fourth-order valence-corrected chi connectivity index (χ4v) is 1.49. The maximum atomic E-state index is 3.28. The quantitative estimate of drug-likeness (QED) is 0.489. The maximum Gasteiger partial charge on any atom is -0.00886 e. The summed E-state index contributed by atoms with van der Waals surface area (Å²) in [4.78, 5) is 0. The molecule has 0 bridgehead atoms. The highest BCUT2D eigenvalue weighted by atomic mass is 14.1. The van der Waals surface area contributed by atoms with Gasteiger partial charge in [0.15, 0.2) is 0 Å². The minimum Gasteiger partial charge on any atom is -0.0879 e. The van der Waals surface area contributed by atoms with Crippen LogP contribution in [0.2, 0.25) is 0 Å². The molecule has 1 radical (unpaired) electrons. The van der Waals surface area contributed by atoms with Gasteiger partial charge in [0.05, 0.1) is 0 Å². The van der Waals surface area contributed by atoms with E-state index in [0.717, 1.165) is 6.42 Å². The molecule has 0 spiro atoms. The molecule has 0 N–H and O–H groups in total. The zero-order valence-electron chi connectivity index (χ0n) is 6.51. The number of hydrogen-bond acceptors (Lipinski definition) is 0. The van der Waals surface area contributed by atoms with Crippen LogP contribution < -0.4 is 0 Å². The molecule has 55 valence electrons. The second-order valence-electron chi connectivity index (χ2n) is 2.89. The van der Waals surface area contributed by atoms with E-state index < -0.39 is 0 Å². The topological polar surface area (TPSA) is 0 Å². The number of rotatable bonds is 0. The van der Waals surface area contributed by atoms with Crippen LogP contribution in [-0.2, 0) is 12.8 Å². The Bertz CT molecular complexity index is 271. The molecule has 0 heterocycles. The van der Waals surface area contributed by atoms with Gasteiger partial charge < -0.3 is 0 Å². The van der Waals surface area contributed by atoms with Crippen molar-refractivity contribution >= 4 is 0 Å². The summed E-state index contributed by atoms with van der Waals surface area (Å²) in [6, 6.07) is 9.56. The molecule has 0 aromatic heterocycles. The van der Waals surface area contributed by atoms with Gasteiger partial charge in [0.2, 0.25) is 0 Å². The van der Waals surface area contributed by atoms with Crippen molar-refractivity contribution in [2.75, 3.05) is 0 Å². The van der Waals surface area contributed by atoms with Gasteiger partial charge in [0, 0.05) is 0 Å². The van der Waals surface area contributed by atoms with Crippen molar-refractivity contribution in [3.05, 3.63) is 47.5 Å². The number of hydrogen-bond donors (Lipinski definition) is 0. The maximum absolute atomic E-state index is 3.28. The summed E-state index contributed by atoms with van der Waals surface area (Å²) >= 11 is 0. The molecule has 0 saturated heterocycles. The van der Waals surface area contributed by atoms with Crippen LogP contribution in [-0.4, -0.2) is 0 Å². The Morgan fingerprint density at radius 3 is 3.27 bits per heavy atom. The summed E-state index contributed by atoms with van der Waals surface area (Å²) in [5, 5.41) is 0. The molecule has 11 heavy (non-hydrogen) atoms. The van der Waals surface area contributed by atoms with Gasteiger partial charge in [-0.2, -0.15) is 0 Å². The Kier molecular flexibility index (Phi) is 1.76. The summed E-state index contributed by atoms with van der Waals surface area (Å²) in [5.74, 6) is 0. The molecule has 1 aliphatic carbocycles. The Morgan fingerprint density at radius 1 is 1.27 bits per heavy atom. The molecular weight excluding hydrogens is 132 g/mol. The van der Waals surface area contributed by atoms with Gasteiger partial charge in [0.25, 0.3) is 0 Å². The van der Waals surface area contributed by atoms with Crippen LogP contribution in [0.3, 0.4) is 0 Å². The molecule has 0 amide bonds. The first kappa shape index (κ1) is 6.66. The van der Waals surface area contributed by atoms with Crippen molar-refractivity contribution in [1.82, 2.24) is 0 Å². The van der Waals surface area contributed by atoms with Crippen LogP contribution in [0.4, 0.5) is 0 Å². The van der Waals surface area contributed by atoms with E-state index in [-0.39, 0.29) is 0 Å². The van der Waals surface area contributed by atoms with Gasteiger partial charge in [-0.1, -0.05) is 30.4 Å². The molecule has 2 rings (SSSR count). The first-order valence-corrected chi connectivity index (χ1v) is 4.10. The average Bonchev–Trinajstić information content (AvgIpc) is 2.28. The molecule has 1 aromatic carbocycles. The van der Waals surface area contributed by atoms with Gasteiger partial charge in [0.1, 0.15) is 0 Å². The monoisotopic (exact) mass is 143 g/mol. The van der Waals surface area contributed by atoms with E-state index in [9.17, 15) is 0 Å². The molecule has 0 atom stereocenters. The Labute approximate surface area is 67.6 Å². The third kappa shape index (κ3) is 1.35. The minimum absolute atomic E-state index is 1.07. The van der Waals surface area contributed by atoms with E-state index >= 15 is 0 Å². The van der Waals surface area contributed by atoms with E-state index in [1.54, 1.807) is 0 Å². The molecule has 1 aliphatic rings. The summed E-state index contributed by atoms with van der Waals surface area (Å²) in [6.45, 7) is 0. The number of benzene rings is 1. The molecule has 0 nitrogen and oxygen atoms in total. The molecule has 0 aliphatic heterocycles. The normalized spacial score (nSPS) is 15.6. The Hall–Kier alpha value is -1.04. The lowest BCUT2D eigenvalue weighted by Gasteiger charge is -2.01. The third-order valence-corrected chi connectivity index (χ3v) is 2.11. The second kappa shape index (κ2) is 2.91. The SMILES string of the molecule is [c]1cccc2c1CC=CCC2. The zero-order chi connectivity index (χ0) is 7.52. The van der Waals surface area contributed by atoms with Crippen molar-refractivity contribution < 1.29 is 0 Å². The Morgan fingerprint density at radius 2 is 2.27 bits per heavy atom. The third-order valence-electron chi connectivity index (χ3n) is 2.11. The first-order valence-electron chi connectivity index (χ1n) is 4.10.